The highest BCUT2D eigenvalue weighted by Crippen LogP contribution is 2.33. The molecule has 0 aliphatic carbocycles. The molecule has 0 radical (unpaired) electrons. The second-order valence-electron chi connectivity index (χ2n) is 8.49. The number of hydrogen-bond donors (Lipinski definition) is 2. The van der Waals surface area contributed by atoms with Crippen molar-refractivity contribution in [2.45, 2.75) is 39.8 Å². The van der Waals surface area contributed by atoms with Gasteiger partial charge in [-0.2, -0.15) is 0 Å². The number of amides is 4. The van der Waals surface area contributed by atoms with Crippen LogP contribution in [0.25, 0.3) is 0 Å². The van der Waals surface area contributed by atoms with E-state index in [-0.39, 0.29) is 24.7 Å². The molecule has 0 unspecified atom stereocenters. The summed E-state index contributed by atoms with van der Waals surface area (Å²) in [5, 5.41) is 5.83. The van der Waals surface area contributed by atoms with Gasteiger partial charge in [-0.3, -0.25) is 9.80 Å². The van der Waals surface area contributed by atoms with Gasteiger partial charge in [0.05, 0.1) is 18.2 Å². The Hall–Kier alpha value is -3.07. The Kier molecular flexibility index (Phi) is 7.97. The molecule has 3 rings (SSSR count). The summed E-state index contributed by atoms with van der Waals surface area (Å²) in [5.41, 5.74) is 2.93. The second-order valence-corrected chi connectivity index (χ2v) is 8.49. The summed E-state index contributed by atoms with van der Waals surface area (Å²) in [6.45, 7) is 10.7. The molecule has 1 fully saturated rings. The third-order valence-electron chi connectivity index (χ3n) is 6.25. The molecular formula is C24H35N5O4. The molecule has 180 valence electrons. The summed E-state index contributed by atoms with van der Waals surface area (Å²) < 4.78 is 5.42. The number of benzene rings is 1. The standard InChI is InChI=1S/C24H35N5O4/c1-6-25-23(31)29-13-12-28(14-17(29)4)15-19-20(22(30)33-7-2)21(26-24(32)27(19)5)18-11-9-8-10-16(18)3/h8-11,17,21H,6-7,12-15H2,1-5H3,(H,25,31)(H,26,32)/t17-,21+/m1/s1. The molecule has 2 aliphatic rings. The van der Waals surface area contributed by atoms with Crippen LogP contribution >= 0.6 is 0 Å². The maximum atomic E-state index is 13.1. The van der Waals surface area contributed by atoms with Gasteiger partial charge < -0.3 is 20.3 Å². The first-order valence-corrected chi connectivity index (χ1v) is 11.5. The first-order chi connectivity index (χ1) is 15.8. The van der Waals surface area contributed by atoms with Gasteiger partial charge in [-0.25, -0.2) is 14.4 Å². The Balaban J connectivity index is 1.94. The highest BCUT2D eigenvalue weighted by Gasteiger charge is 2.38. The number of nitrogens with zero attached hydrogens (tertiary/aromatic N) is 3. The van der Waals surface area contributed by atoms with Gasteiger partial charge in [-0.15, -0.1) is 0 Å². The summed E-state index contributed by atoms with van der Waals surface area (Å²) in [7, 11) is 1.67. The van der Waals surface area contributed by atoms with E-state index in [4.69, 9.17) is 4.74 Å². The molecule has 1 aromatic rings. The fourth-order valence-corrected chi connectivity index (χ4v) is 4.48. The maximum Gasteiger partial charge on any atom is 0.338 e. The van der Waals surface area contributed by atoms with Gasteiger partial charge in [0, 0.05) is 51.5 Å². The third-order valence-corrected chi connectivity index (χ3v) is 6.25. The van der Waals surface area contributed by atoms with E-state index >= 15 is 0 Å². The Morgan fingerprint density at radius 1 is 1.21 bits per heavy atom. The lowest BCUT2D eigenvalue weighted by molar-refractivity contribution is -0.139. The lowest BCUT2D eigenvalue weighted by Gasteiger charge is -2.42. The molecule has 2 heterocycles. The molecule has 2 atom stereocenters. The first kappa shape index (κ1) is 24.6. The van der Waals surface area contributed by atoms with Gasteiger partial charge in [0.1, 0.15) is 0 Å². The molecule has 0 spiro atoms. The minimum absolute atomic E-state index is 0.00633. The lowest BCUT2D eigenvalue weighted by Crippen LogP contribution is -2.57. The highest BCUT2D eigenvalue weighted by molar-refractivity contribution is 5.95. The van der Waals surface area contributed by atoms with E-state index in [1.54, 1.807) is 14.0 Å². The number of carbonyl (C=O) groups is 3. The van der Waals surface area contributed by atoms with Crippen molar-refractivity contribution in [3.05, 3.63) is 46.7 Å². The molecule has 33 heavy (non-hydrogen) atoms. The Morgan fingerprint density at radius 2 is 1.94 bits per heavy atom. The number of rotatable bonds is 6. The molecule has 2 N–H and O–H groups in total. The van der Waals surface area contributed by atoms with Crippen molar-refractivity contribution in [3.63, 3.8) is 0 Å². The summed E-state index contributed by atoms with van der Waals surface area (Å²) in [4.78, 5) is 43.8. The molecule has 9 heteroatoms. The van der Waals surface area contributed by atoms with E-state index in [1.807, 2.05) is 49.9 Å². The number of nitrogens with one attached hydrogen (secondary N) is 2. The number of piperazine rings is 1. The van der Waals surface area contributed by atoms with Crippen molar-refractivity contribution >= 4 is 18.0 Å². The van der Waals surface area contributed by atoms with E-state index in [0.717, 1.165) is 11.1 Å². The minimum atomic E-state index is -0.585. The Bertz CT molecular complexity index is 931. The predicted octanol–water partition coefficient (Wildman–Crippen LogP) is 2.24. The summed E-state index contributed by atoms with van der Waals surface area (Å²) in [6.07, 6.45) is 0. The smallest absolute Gasteiger partial charge is 0.338 e. The lowest BCUT2D eigenvalue weighted by atomic mass is 9.91. The van der Waals surface area contributed by atoms with Crippen LogP contribution < -0.4 is 10.6 Å². The number of esters is 1. The third kappa shape index (κ3) is 5.30. The minimum Gasteiger partial charge on any atom is -0.463 e. The number of aryl methyl sites for hydroxylation is 1. The van der Waals surface area contributed by atoms with Crippen LogP contribution in [0.5, 0.6) is 0 Å². The first-order valence-electron chi connectivity index (χ1n) is 11.5. The average Bonchev–Trinajstić information content (AvgIpc) is 2.77. The molecule has 0 saturated carbocycles. The van der Waals surface area contributed by atoms with Gasteiger partial charge in [-0.1, -0.05) is 24.3 Å². The van der Waals surface area contributed by atoms with Crippen LogP contribution in [0.2, 0.25) is 0 Å². The molecule has 0 bridgehead atoms. The van der Waals surface area contributed by atoms with Crippen LogP contribution in [0.15, 0.2) is 35.5 Å². The molecule has 9 nitrogen and oxygen atoms in total. The molecule has 1 saturated heterocycles. The summed E-state index contributed by atoms with van der Waals surface area (Å²) >= 11 is 0. The van der Waals surface area contributed by atoms with Crippen molar-refractivity contribution in [2.75, 3.05) is 46.4 Å². The van der Waals surface area contributed by atoms with Crippen LogP contribution in [0.4, 0.5) is 9.59 Å². The normalized spacial score (nSPS) is 21.7. The summed E-state index contributed by atoms with van der Waals surface area (Å²) in [5.74, 6) is -0.429. The molecule has 4 amide bonds. The van der Waals surface area contributed by atoms with Crippen LogP contribution in [0, 0.1) is 6.92 Å². The zero-order valence-electron chi connectivity index (χ0n) is 20.2. The fraction of sp³-hybridized carbons (Fsp3) is 0.542. The molecule has 2 aliphatic heterocycles. The maximum absolute atomic E-state index is 13.1. The van der Waals surface area contributed by atoms with Crippen LogP contribution in [0.3, 0.4) is 0 Å². The highest BCUT2D eigenvalue weighted by atomic mass is 16.5. The zero-order valence-corrected chi connectivity index (χ0v) is 20.2. The van der Waals surface area contributed by atoms with Crippen molar-refractivity contribution in [1.29, 1.82) is 0 Å². The van der Waals surface area contributed by atoms with Crippen molar-refractivity contribution in [3.8, 4) is 0 Å². The molecular weight excluding hydrogens is 422 g/mol. The summed E-state index contributed by atoms with van der Waals surface area (Å²) in [6, 6.07) is 6.81. The Labute approximate surface area is 195 Å². The number of urea groups is 2. The second kappa shape index (κ2) is 10.7. The Morgan fingerprint density at radius 3 is 2.58 bits per heavy atom. The topological polar surface area (TPSA) is 94.2 Å². The largest absolute Gasteiger partial charge is 0.463 e. The number of likely N-dealkylation sites (N-methyl/N-ethyl adjacent to an activating group) is 1. The van der Waals surface area contributed by atoms with Gasteiger partial charge in [0.25, 0.3) is 0 Å². The van der Waals surface area contributed by atoms with Crippen LogP contribution in [-0.4, -0.2) is 85.2 Å². The van der Waals surface area contributed by atoms with Crippen molar-refractivity contribution < 1.29 is 19.1 Å². The molecule has 0 aromatic heterocycles. The quantitative estimate of drug-likeness (QED) is 0.639. The average molecular weight is 458 g/mol. The van der Waals surface area contributed by atoms with E-state index in [0.29, 0.717) is 44.0 Å². The zero-order chi connectivity index (χ0) is 24.1. The SMILES string of the molecule is CCNC(=O)N1CCN(CC2=C(C(=O)OCC)[C@H](c3ccccc3C)NC(=O)N2C)C[C@H]1C. The fourth-order valence-electron chi connectivity index (χ4n) is 4.48. The van der Waals surface area contributed by atoms with Gasteiger partial charge in [0.2, 0.25) is 0 Å². The van der Waals surface area contributed by atoms with Crippen molar-refractivity contribution in [2.24, 2.45) is 0 Å². The predicted molar refractivity (Wildman–Crippen MR) is 126 cm³/mol. The van der Waals surface area contributed by atoms with E-state index in [2.05, 4.69) is 15.5 Å². The number of hydrogen-bond acceptors (Lipinski definition) is 5. The van der Waals surface area contributed by atoms with Gasteiger partial charge in [-0.05, 0) is 38.8 Å². The molecule has 1 aromatic carbocycles. The van der Waals surface area contributed by atoms with Crippen molar-refractivity contribution in [1.82, 2.24) is 25.3 Å². The van der Waals surface area contributed by atoms with E-state index < -0.39 is 12.0 Å². The number of carbonyl (C=O) groups excluding carboxylic acids is 3. The van der Waals surface area contributed by atoms with E-state index in [9.17, 15) is 14.4 Å². The van der Waals surface area contributed by atoms with Crippen LogP contribution in [0.1, 0.15) is 37.9 Å². The number of ether oxygens (including phenoxy) is 1. The van der Waals surface area contributed by atoms with Gasteiger partial charge >= 0.3 is 18.0 Å². The monoisotopic (exact) mass is 457 g/mol. The van der Waals surface area contributed by atoms with E-state index in [1.165, 1.54) is 4.90 Å². The van der Waals surface area contributed by atoms with Crippen LogP contribution in [-0.2, 0) is 9.53 Å². The van der Waals surface area contributed by atoms with Gasteiger partial charge in [0.15, 0.2) is 0 Å².